The van der Waals surface area contributed by atoms with Crippen molar-refractivity contribution in [2.45, 2.75) is 124 Å². The van der Waals surface area contributed by atoms with E-state index in [1.165, 1.54) is 25.3 Å². The predicted molar refractivity (Wildman–Crippen MR) is 279 cm³/mol. The molecule has 18 heteroatoms. The highest BCUT2D eigenvalue weighted by Crippen LogP contribution is 2.49. The Hall–Kier alpha value is -5.92. The quantitative estimate of drug-likeness (QED) is 0.0218. The monoisotopic (exact) mass is 1030 g/mol. The molecule has 3 aromatic carbocycles. The first-order valence-electron chi connectivity index (χ1n) is 25.7. The molecule has 7 rings (SSSR count). The maximum Gasteiger partial charge on any atom is 0.320 e. The fourth-order valence-electron chi connectivity index (χ4n) is 10.8. The Balaban J connectivity index is 1.06. The summed E-state index contributed by atoms with van der Waals surface area (Å²) in [5, 5.41) is 63.6. The number of hydrogen-bond donors (Lipinski definition) is 7. The van der Waals surface area contributed by atoms with E-state index in [1.54, 1.807) is 85.8 Å². The van der Waals surface area contributed by atoms with E-state index in [-0.39, 0.29) is 74.2 Å². The van der Waals surface area contributed by atoms with Gasteiger partial charge < -0.3 is 55.3 Å². The molecule has 7 N–H and O–H groups in total. The summed E-state index contributed by atoms with van der Waals surface area (Å²) in [5.41, 5.74) is -0.749. The number of phenolic OH excluding ortho intramolecular Hbond substituents is 2. The van der Waals surface area contributed by atoms with Crippen molar-refractivity contribution in [3.8, 4) is 17.2 Å². The number of aliphatic hydroxyl groups excluding tert-OH is 3. The van der Waals surface area contributed by atoms with Crippen LogP contribution in [0.15, 0.2) is 70.4 Å². The smallest absolute Gasteiger partial charge is 0.320 e. The van der Waals surface area contributed by atoms with Crippen LogP contribution >= 0.6 is 0 Å². The summed E-state index contributed by atoms with van der Waals surface area (Å²) in [4.78, 5) is 56.0. The van der Waals surface area contributed by atoms with Crippen LogP contribution in [0.3, 0.4) is 0 Å². The minimum atomic E-state index is -1.24. The van der Waals surface area contributed by atoms with Crippen LogP contribution in [-0.4, -0.2) is 141 Å². The summed E-state index contributed by atoms with van der Waals surface area (Å²) >= 11 is 0. The molecule has 4 heterocycles. The Labute approximate surface area is 432 Å². The Bertz CT molecular complexity index is 2820. The van der Waals surface area contributed by atoms with Crippen LogP contribution in [-0.2, 0) is 19.1 Å². The molecular formula is C56H75FN6O11. The Morgan fingerprint density at radius 2 is 1.57 bits per heavy atom. The summed E-state index contributed by atoms with van der Waals surface area (Å²) < 4.78 is 31.2. The number of nitrogens with zero attached hydrogens (tertiary/aromatic N) is 4. The number of esters is 1. The van der Waals surface area contributed by atoms with Gasteiger partial charge in [-0.15, -0.1) is 0 Å². The number of aliphatic hydroxyl groups is 3. The molecule has 8 atom stereocenters. The van der Waals surface area contributed by atoms with Crippen LogP contribution in [0.2, 0.25) is 0 Å². The molecule has 1 spiro atoms. The lowest BCUT2D eigenvalue weighted by Gasteiger charge is -2.41. The average molecular weight is 1030 g/mol. The highest BCUT2D eigenvalue weighted by Gasteiger charge is 2.46. The van der Waals surface area contributed by atoms with Crippen LogP contribution in [0.5, 0.6) is 17.2 Å². The van der Waals surface area contributed by atoms with E-state index in [2.05, 4.69) is 29.4 Å². The van der Waals surface area contributed by atoms with E-state index in [0.29, 0.717) is 37.2 Å². The molecule has 17 nitrogen and oxygen atoms in total. The number of rotatable bonds is 20. The summed E-state index contributed by atoms with van der Waals surface area (Å²) in [6.07, 6.45) is 4.45. The number of piperidine rings is 1. The van der Waals surface area contributed by atoms with Gasteiger partial charge in [0.2, 0.25) is 5.78 Å². The van der Waals surface area contributed by atoms with Crippen LogP contribution in [0.1, 0.15) is 91.1 Å². The number of hydrogen-bond acceptors (Lipinski definition) is 16. The van der Waals surface area contributed by atoms with Gasteiger partial charge >= 0.3 is 5.97 Å². The molecule has 0 aliphatic carbocycles. The number of phenols is 2. The van der Waals surface area contributed by atoms with Gasteiger partial charge in [0.1, 0.15) is 34.5 Å². The second-order valence-corrected chi connectivity index (χ2v) is 21.8. The molecule has 4 aliphatic heterocycles. The molecule has 0 bridgehead atoms. The number of ketones is 1. The fraction of sp³-hybridized carbons (Fsp3) is 0.554. The Morgan fingerprint density at radius 1 is 0.919 bits per heavy atom. The van der Waals surface area contributed by atoms with Gasteiger partial charge in [0.15, 0.2) is 17.0 Å². The number of carbonyl (C=O) groups is 3. The first-order chi connectivity index (χ1) is 34.9. The van der Waals surface area contributed by atoms with Crippen molar-refractivity contribution >= 4 is 39.8 Å². The third-order valence-corrected chi connectivity index (χ3v) is 15.3. The molecule has 0 radical (unpaired) electrons. The molecule has 402 valence electrons. The third-order valence-electron chi connectivity index (χ3n) is 15.3. The highest BCUT2D eigenvalue weighted by atomic mass is 19.1. The minimum Gasteiger partial charge on any atom is -0.516 e. The number of halogens is 1. The van der Waals surface area contributed by atoms with Crippen LogP contribution in [0.4, 0.5) is 15.8 Å². The number of aromatic hydroxyl groups is 2. The fourth-order valence-corrected chi connectivity index (χ4v) is 10.8. The van der Waals surface area contributed by atoms with Gasteiger partial charge in [0.25, 0.3) is 5.91 Å². The zero-order chi connectivity index (χ0) is 54.1. The number of amides is 1. The number of nitrogens with one attached hydrogen (secondary N) is 2. The number of anilines is 2. The van der Waals surface area contributed by atoms with Crippen molar-refractivity contribution in [3.63, 3.8) is 0 Å². The van der Waals surface area contributed by atoms with Gasteiger partial charge in [0.05, 0.1) is 53.5 Å². The largest absolute Gasteiger partial charge is 0.516 e. The predicted octanol–water partition coefficient (Wildman–Crippen LogP) is 6.26. The van der Waals surface area contributed by atoms with Crippen molar-refractivity contribution in [2.75, 3.05) is 57.0 Å². The minimum absolute atomic E-state index is 0.0112. The number of likely N-dealkylation sites (tertiary alicyclic amines) is 2. The Morgan fingerprint density at radius 3 is 2.19 bits per heavy atom. The lowest BCUT2D eigenvalue weighted by atomic mass is 9.78. The van der Waals surface area contributed by atoms with Crippen LogP contribution < -0.4 is 26.1 Å². The third kappa shape index (κ3) is 11.5. The van der Waals surface area contributed by atoms with Crippen LogP contribution in [0, 0.1) is 42.3 Å². The number of Topliss-reactive ketones (excluding diaryl/α,β-unsaturated/α-hetero) is 1. The molecule has 0 unspecified atom stereocenters. The topological polar surface area (TPSA) is 235 Å². The van der Waals surface area contributed by atoms with Gasteiger partial charge in [0, 0.05) is 98.6 Å². The zero-order valence-corrected chi connectivity index (χ0v) is 44.5. The van der Waals surface area contributed by atoms with Gasteiger partial charge in [-0.3, -0.25) is 29.3 Å². The number of methoxy groups -OCH3 is 1. The lowest BCUT2D eigenvalue weighted by molar-refractivity contribution is -0.165. The van der Waals surface area contributed by atoms with E-state index in [9.17, 15) is 44.3 Å². The van der Waals surface area contributed by atoms with E-state index in [0.717, 1.165) is 31.6 Å². The maximum absolute atomic E-state index is 14.0. The second kappa shape index (κ2) is 22.5. The van der Waals surface area contributed by atoms with Gasteiger partial charge in [-0.05, 0) is 64.0 Å². The number of carbonyl (C=O) groups excluding carboxylic acids is 3. The second-order valence-electron chi connectivity index (χ2n) is 21.8. The normalized spacial score (nSPS) is 21.0. The van der Waals surface area contributed by atoms with Gasteiger partial charge in [-0.25, -0.2) is 4.39 Å². The molecule has 4 aliphatic rings. The van der Waals surface area contributed by atoms with E-state index in [4.69, 9.17) is 24.2 Å². The highest BCUT2D eigenvalue weighted by molar-refractivity contribution is 6.20. The van der Waals surface area contributed by atoms with E-state index >= 15 is 0 Å². The average Bonchev–Trinajstić information content (AvgIpc) is 3.84. The van der Waals surface area contributed by atoms with Crippen molar-refractivity contribution in [3.05, 3.63) is 88.1 Å². The summed E-state index contributed by atoms with van der Waals surface area (Å²) in [6.45, 7) is 21.3. The van der Waals surface area contributed by atoms with Crippen molar-refractivity contribution in [2.24, 2.45) is 39.6 Å². The number of allylic oxidation sites excluding steroid dienone is 2. The summed E-state index contributed by atoms with van der Waals surface area (Å²) in [5.74, 6) is -4.36. The summed E-state index contributed by atoms with van der Waals surface area (Å²) in [7, 11) is 1.46. The molecular weight excluding hydrogens is 952 g/mol. The Kier molecular flexibility index (Phi) is 17.0. The standard InChI is InChI=1S/C56H75FN6O11/c1-29(2)25-62-22-20-56(21-23-62)60-44-41-42(49(68)35(8)52-43(41)53(70)55(9,10)74-52)50(69)46(45(44)61-56)59-54(71)31(4)14-12-13-30(3)47(66)33(6)48(67)34(7)51(32(5)39(72-11)19-24-64)73-40(65)28-63-26-38(27-63)58-37-17-15-36(57)16-18-37/h12-19,24,29-30,32-34,38-39,47-48,51,58,64,66-69H,20-23,25-28H2,1-11H3,(H,59,71)/b13-12+,24-19+,31-14-/t30-,32+,33+,34+,39-,47-,48+,51+/m0/s1. The molecule has 0 saturated carbocycles. The number of ether oxygens (including phenoxy) is 3. The molecule has 2 saturated heterocycles. The molecule has 2 fully saturated rings. The van der Waals surface area contributed by atoms with Crippen molar-refractivity contribution in [1.82, 2.24) is 9.80 Å². The first-order valence-corrected chi connectivity index (χ1v) is 25.7. The lowest BCUT2D eigenvalue weighted by Crippen LogP contribution is -2.56. The molecule has 3 aromatic rings. The summed E-state index contributed by atoms with van der Waals surface area (Å²) in [6, 6.07) is 6.11. The molecule has 0 aromatic heterocycles. The van der Waals surface area contributed by atoms with Crippen LogP contribution in [0.25, 0.3) is 10.8 Å². The van der Waals surface area contributed by atoms with Crippen molar-refractivity contribution in [1.29, 1.82) is 0 Å². The van der Waals surface area contributed by atoms with E-state index < -0.39 is 77.0 Å². The zero-order valence-electron chi connectivity index (χ0n) is 44.5. The van der Waals surface area contributed by atoms with Gasteiger partial charge in [-0.1, -0.05) is 59.8 Å². The van der Waals surface area contributed by atoms with E-state index in [1.807, 2.05) is 4.90 Å². The molecule has 1 amide bonds. The maximum atomic E-state index is 14.0. The van der Waals surface area contributed by atoms with Crippen molar-refractivity contribution < 1.29 is 58.5 Å². The van der Waals surface area contributed by atoms with Gasteiger partial charge in [-0.2, -0.15) is 0 Å². The number of benzene rings is 3. The SMILES string of the molecule is CO[C@@H](/C=C/O)[C@@H](C)[C@@H](OC(=O)CN1CC(Nc2ccc(F)cc2)C1)[C@H](C)[C@H](O)[C@H](C)[C@@H](O)[C@@H](C)/C=C/C=C(/C)C(=O)Nc1c(O)c2c(O)c(C)c3c(c2c2c1=NC1(CCN(CC(C)C)CC1)N=2)C(=O)C(C)(C)O3. The molecule has 74 heavy (non-hydrogen) atoms. The number of fused-ring (bicyclic) bond motifs is 5. The first kappa shape index (κ1) is 55.8.